The molecule has 37 heteroatoms. The first kappa shape index (κ1) is 111. The van der Waals surface area contributed by atoms with E-state index in [0.29, 0.717) is 88.1 Å². The van der Waals surface area contributed by atoms with Crippen LogP contribution in [0.1, 0.15) is 152 Å². The zero-order valence-corrected chi connectivity index (χ0v) is 62.3. The van der Waals surface area contributed by atoms with Crippen molar-refractivity contribution >= 4 is 101 Å². The lowest BCUT2D eigenvalue weighted by Gasteiger charge is -2.15. The number of carboxylic acids is 6. The minimum Gasteiger partial charge on any atom is -0.481 e. The molecule has 0 saturated heterocycles. The molecule has 0 fully saturated rings. The Hall–Kier alpha value is -12.8. The summed E-state index contributed by atoms with van der Waals surface area (Å²) < 4.78 is 4.51. The van der Waals surface area contributed by atoms with Gasteiger partial charge in [0.1, 0.15) is 23.9 Å². The number of nitriles is 1. The molecule has 20 N–H and O–H groups in total. The van der Waals surface area contributed by atoms with Gasteiger partial charge in [0, 0.05) is 69.0 Å². The number of benzene rings is 4. The monoisotopic (exact) mass is 1530 g/mol. The minimum absolute atomic E-state index is 0.0425. The molecule has 37 nitrogen and oxygen atoms in total. The molecule has 10 amide bonds. The number of nitrogen functional groups attached to an aromatic ring is 1. The Morgan fingerprint density at radius 2 is 0.611 bits per heavy atom. The summed E-state index contributed by atoms with van der Waals surface area (Å²) in [5, 5.41) is 85.7. The lowest BCUT2D eigenvalue weighted by Crippen LogP contribution is -2.46. The van der Waals surface area contributed by atoms with Crippen molar-refractivity contribution in [3.8, 4) is 12.0 Å². The Morgan fingerprint density at radius 3 is 0.843 bits per heavy atom. The number of carbonyl (C=O) groups excluding carboxylic acids is 11. The number of para-hydroxylation sites is 4. The zero-order chi connectivity index (χ0) is 84.0. The third kappa shape index (κ3) is 85.7. The second-order valence-electron chi connectivity index (χ2n) is 19.3. The van der Waals surface area contributed by atoms with E-state index in [4.69, 9.17) is 65.9 Å². The van der Waals surface area contributed by atoms with Crippen LogP contribution in [0.4, 0.5) is 41.0 Å². The molecule has 0 aliphatic carbocycles. The molecule has 0 heterocycles. The molecular weight excluding hydrogens is 1420 g/mol. The van der Waals surface area contributed by atoms with Crippen molar-refractivity contribution in [2.75, 3.05) is 55.6 Å². The fourth-order valence-corrected chi connectivity index (χ4v) is 6.96. The Bertz CT molecular complexity index is 2960. The van der Waals surface area contributed by atoms with E-state index < -0.39 is 72.0 Å². The van der Waals surface area contributed by atoms with Gasteiger partial charge < -0.3 is 100 Å². The van der Waals surface area contributed by atoms with Crippen molar-refractivity contribution in [2.45, 2.75) is 170 Å². The van der Waals surface area contributed by atoms with Gasteiger partial charge >= 0.3 is 84.4 Å². The first-order chi connectivity index (χ1) is 51.8. The Labute approximate surface area is 628 Å². The van der Waals surface area contributed by atoms with Gasteiger partial charge in [0.15, 0.2) is 0 Å². The summed E-state index contributed by atoms with van der Waals surface area (Å²) in [6.07, 6.45) is 7.08. The van der Waals surface area contributed by atoms with Gasteiger partial charge in [0.2, 0.25) is 0 Å². The van der Waals surface area contributed by atoms with Crippen molar-refractivity contribution in [1.82, 2.24) is 42.5 Å². The smallest absolute Gasteiger partial charge is 0.373 e. The first-order valence-corrected chi connectivity index (χ1v) is 34.1. The third-order valence-corrected chi connectivity index (χ3v) is 11.5. The number of nitrogens with one attached hydrogen (secondary N) is 10. The zero-order valence-electron chi connectivity index (χ0n) is 62.3. The van der Waals surface area contributed by atoms with E-state index in [1.54, 1.807) is 66.9 Å². The van der Waals surface area contributed by atoms with E-state index in [1.165, 1.54) is 0 Å². The summed E-state index contributed by atoms with van der Waals surface area (Å²) in [7, 11) is 0. The average molecular weight is 1530 g/mol. The van der Waals surface area contributed by atoms with E-state index >= 15 is 0 Å². The number of carboxylic acid groups (broad SMARTS) is 6. The highest BCUT2D eigenvalue weighted by molar-refractivity contribution is 5.90. The van der Waals surface area contributed by atoms with Gasteiger partial charge in [-0.1, -0.05) is 128 Å². The second kappa shape index (κ2) is 86.6. The number of urea groups is 5. The van der Waals surface area contributed by atoms with Crippen LogP contribution in [0.15, 0.2) is 121 Å². The number of unbranched alkanes of at least 4 members (excludes halogenated alkanes) is 3. The van der Waals surface area contributed by atoms with Crippen molar-refractivity contribution in [3.05, 3.63) is 121 Å². The third-order valence-electron chi connectivity index (χ3n) is 11.5. The number of aliphatic carboxylic acids is 6. The predicted octanol–water partition coefficient (Wildman–Crippen LogP) is 8.09. The lowest BCUT2D eigenvalue weighted by molar-refractivity contribution is -0.193. The normalized spacial score (nSPS) is 9.48. The van der Waals surface area contributed by atoms with E-state index in [-0.39, 0.29) is 95.1 Å². The predicted molar refractivity (Wildman–Crippen MR) is 396 cm³/mol. The maximum absolute atomic E-state index is 11.7. The SMILES string of the molecule is CC.CC.CC.CC.N#COc1ccccc1.NCCCCC(NC(=O)NCCCC(=O)O)C(=O)O.Nc1ccccc1.O=C(O)CCCNC(=O)NC(CCCCNC(=O)Nc1ccccc1)C(=O)O.O=C(O)CCCNC(=O)NC(CCCCNC(=O)Nc1ccccc1)C(=O)O.O=C=O.O=C=O.O=C=O. The maximum atomic E-state index is 11.7. The number of rotatable bonds is 35. The fourth-order valence-electron chi connectivity index (χ4n) is 6.96. The molecule has 602 valence electrons. The number of amides is 10. The molecule has 0 bridgehead atoms. The molecule has 3 atom stereocenters. The van der Waals surface area contributed by atoms with Crippen molar-refractivity contribution < 1.29 is 117 Å². The van der Waals surface area contributed by atoms with E-state index in [0.717, 1.165) is 5.69 Å². The minimum atomic E-state index is -1.16. The van der Waals surface area contributed by atoms with E-state index in [1.807, 2.05) is 116 Å². The average Bonchev–Trinajstić information content (AvgIpc) is 0.961. The lowest BCUT2D eigenvalue weighted by atomic mass is 10.1. The van der Waals surface area contributed by atoms with E-state index in [9.17, 15) is 63.0 Å². The Morgan fingerprint density at radius 1 is 0.370 bits per heavy atom. The summed E-state index contributed by atoms with van der Waals surface area (Å²) in [5.74, 6) is -5.69. The highest BCUT2D eigenvalue weighted by Crippen LogP contribution is 2.09. The number of nitrogens with two attached hydrogens (primary N) is 2. The van der Waals surface area contributed by atoms with Crippen molar-refractivity contribution in [2.24, 2.45) is 5.73 Å². The van der Waals surface area contributed by atoms with Crippen LogP contribution in [-0.4, -0.2) is 172 Å². The van der Waals surface area contributed by atoms with Crippen LogP contribution in [0.25, 0.3) is 0 Å². The number of carbonyl (C=O) groups is 11. The van der Waals surface area contributed by atoms with E-state index in [2.05, 4.69) is 57.9 Å². The molecule has 4 aromatic rings. The summed E-state index contributed by atoms with van der Waals surface area (Å²) in [5.41, 5.74) is 12.8. The quantitative estimate of drug-likeness (QED) is 0.0117. The molecule has 0 aromatic heterocycles. The highest BCUT2D eigenvalue weighted by Gasteiger charge is 2.22. The molecule has 0 spiro atoms. The largest absolute Gasteiger partial charge is 0.481 e. The van der Waals surface area contributed by atoms with Gasteiger partial charge in [-0.3, -0.25) is 14.4 Å². The molecule has 0 aliphatic heterocycles. The number of nitrogens with zero attached hydrogens (tertiary/aromatic N) is 1. The summed E-state index contributed by atoms with van der Waals surface area (Å²) in [6, 6.07) is 30.7. The van der Waals surface area contributed by atoms with Gasteiger partial charge in [-0.25, -0.2) is 38.4 Å². The highest BCUT2D eigenvalue weighted by atomic mass is 16.5. The molecule has 3 unspecified atom stereocenters. The van der Waals surface area contributed by atoms with Crippen LogP contribution < -0.4 is 69.4 Å². The first-order valence-electron chi connectivity index (χ1n) is 34.1. The molecule has 0 aliphatic rings. The number of anilines is 3. The molecular formula is C71H109N13O24. The van der Waals surface area contributed by atoms with Crippen molar-refractivity contribution in [1.29, 1.82) is 5.26 Å². The van der Waals surface area contributed by atoms with Gasteiger partial charge in [0.05, 0.1) is 0 Å². The van der Waals surface area contributed by atoms with Gasteiger partial charge in [0.25, 0.3) is 6.26 Å². The van der Waals surface area contributed by atoms with Gasteiger partial charge in [-0.15, -0.1) is 5.26 Å². The summed E-state index contributed by atoms with van der Waals surface area (Å²) >= 11 is 0. The molecule has 4 aromatic carbocycles. The Kier molecular flexibility index (Phi) is 89.2. The van der Waals surface area contributed by atoms with Crippen LogP contribution in [0.2, 0.25) is 0 Å². The van der Waals surface area contributed by atoms with Crippen LogP contribution in [-0.2, 0) is 57.5 Å². The van der Waals surface area contributed by atoms with Crippen LogP contribution in [0.3, 0.4) is 0 Å². The summed E-state index contributed by atoms with van der Waals surface area (Å²) in [4.78, 5) is 171. The Balaban J connectivity index is -0.000000193. The van der Waals surface area contributed by atoms with Crippen LogP contribution >= 0.6 is 0 Å². The number of ether oxygens (including phenoxy) is 1. The molecule has 0 radical (unpaired) electrons. The second-order valence-corrected chi connectivity index (χ2v) is 19.3. The molecule has 0 saturated carbocycles. The number of hydrogen-bond acceptors (Lipinski definition) is 21. The molecule has 4 rings (SSSR count). The topological polar surface area (TPSA) is 617 Å². The summed E-state index contributed by atoms with van der Waals surface area (Å²) in [6.45, 7) is 17.7. The van der Waals surface area contributed by atoms with Crippen LogP contribution in [0, 0.1) is 11.5 Å². The van der Waals surface area contributed by atoms with Gasteiger partial charge in [-0.2, -0.15) is 28.8 Å². The van der Waals surface area contributed by atoms with Crippen LogP contribution in [0.5, 0.6) is 5.75 Å². The standard InChI is InChI=1S/2C18H26N4O6.C11H21N3O5.C7H5NO.C6H7N.4C2H6.3CO2/c2*23-15(24)10-6-12-20-18(28)22-14(16(25)26)9-4-5-11-19-17(27)21-13-7-2-1-3-8-13;12-6-2-1-4-8(10(17)18)14-11(19)13-7-3-5-9(15)16;8-6-9-7-4-2-1-3-5-7;7-6-4-2-1-3-5-6;4*1-2;3*2-1-3/h2*1-3,7-8,14H,4-6,9-12H2,(H,23,24)(H,25,26)(H2,19,21,27)(H2,20,22,28);8H,1-7,12H2,(H,15,16)(H,17,18)(H2,13,14,19);1-5H;1-5H,7H2;4*1-2H3;;;. The molecule has 108 heavy (non-hydrogen) atoms. The fraction of sp³-hybridized carbons (Fsp3) is 0.451. The van der Waals surface area contributed by atoms with Gasteiger partial charge in [-0.05, 0) is 132 Å². The van der Waals surface area contributed by atoms with Crippen molar-refractivity contribution in [3.63, 3.8) is 0 Å². The maximum Gasteiger partial charge on any atom is 0.373 e. The number of hydrogen-bond donors (Lipinski definition) is 18.